The van der Waals surface area contributed by atoms with E-state index in [4.69, 9.17) is 0 Å². The topological polar surface area (TPSA) is 3.24 Å². The van der Waals surface area contributed by atoms with Crippen LogP contribution in [0.3, 0.4) is 0 Å². The monoisotopic (exact) mass is 305 g/mol. The molecule has 0 unspecified atom stereocenters. The molecule has 3 aliphatic rings. The second-order valence-electron chi connectivity index (χ2n) is 8.49. The van der Waals surface area contributed by atoms with Gasteiger partial charge in [0.25, 0.3) is 0 Å². The van der Waals surface area contributed by atoms with Crippen molar-refractivity contribution >= 4 is 0 Å². The fourth-order valence-electron chi connectivity index (χ4n) is 5.79. The summed E-state index contributed by atoms with van der Waals surface area (Å²) in [5.74, 6) is 1.06. The highest BCUT2D eigenvalue weighted by Gasteiger charge is 2.35. The maximum atomic E-state index is 3.11. The Morgan fingerprint density at radius 3 is 1.50 bits per heavy atom. The third-order valence-corrected chi connectivity index (χ3v) is 6.93. The lowest BCUT2D eigenvalue weighted by molar-refractivity contribution is 0.0149. The summed E-state index contributed by atoms with van der Waals surface area (Å²) in [6, 6.07) is 2.84. The van der Waals surface area contributed by atoms with Crippen LogP contribution < -0.4 is 0 Å². The molecular weight excluding hydrogens is 266 g/mol. The predicted molar refractivity (Wildman–Crippen MR) is 96.2 cm³/mol. The minimum absolute atomic E-state index is 0.944. The van der Waals surface area contributed by atoms with Gasteiger partial charge in [0, 0.05) is 18.1 Å². The number of hydrogen-bond donors (Lipinski definition) is 0. The van der Waals surface area contributed by atoms with E-state index in [0.29, 0.717) is 0 Å². The van der Waals surface area contributed by atoms with Crippen LogP contribution in [0.25, 0.3) is 0 Å². The fourth-order valence-corrected chi connectivity index (χ4v) is 5.79. The molecule has 0 aromatic heterocycles. The first-order chi connectivity index (χ1) is 10.9. The number of hydrogen-bond acceptors (Lipinski definition) is 1. The van der Waals surface area contributed by atoms with E-state index in [1.54, 1.807) is 0 Å². The Hall–Kier alpha value is -0.0400. The van der Waals surface area contributed by atoms with E-state index < -0.39 is 0 Å². The van der Waals surface area contributed by atoms with Crippen LogP contribution in [0.2, 0.25) is 0 Å². The Labute approximate surface area is 139 Å². The van der Waals surface area contributed by atoms with Gasteiger partial charge in [-0.05, 0) is 57.3 Å². The van der Waals surface area contributed by atoms with Crippen molar-refractivity contribution in [1.82, 2.24) is 4.90 Å². The molecule has 0 spiro atoms. The molecule has 3 fully saturated rings. The molecular formula is C21H39N. The zero-order valence-corrected chi connectivity index (χ0v) is 15.1. The Bertz CT molecular complexity index is 275. The summed E-state index contributed by atoms with van der Waals surface area (Å²) in [7, 11) is 0. The van der Waals surface area contributed by atoms with Gasteiger partial charge in [-0.3, -0.25) is 4.90 Å². The number of nitrogens with zero attached hydrogens (tertiary/aromatic N) is 1. The van der Waals surface area contributed by atoms with Gasteiger partial charge in [-0.15, -0.1) is 0 Å². The van der Waals surface area contributed by atoms with Crippen molar-refractivity contribution < 1.29 is 0 Å². The van der Waals surface area contributed by atoms with Gasteiger partial charge in [0.1, 0.15) is 0 Å². The molecule has 0 bridgehead atoms. The van der Waals surface area contributed by atoms with Gasteiger partial charge in [-0.2, -0.15) is 0 Å². The first-order valence-corrected chi connectivity index (χ1v) is 10.7. The average Bonchev–Trinajstić information content (AvgIpc) is 2.59. The molecule has 0 amide bonds. The predicted octanol–water partition coefficient (Wildman–Crippen LogP) is 6.31. The molecule has 0 aliphatic heterocycles. The SMILES string of the molecule is CCCC1CCC(N(C2CCCCC2)C2CCCCC2)CC1. The maximum Gasteiger partial charge on any atom is 0.0101 e. The Morgan fingerprint density at radius 1 is 0.591 bits per heavy atom. The van der Waals surface area contributed by atoms with Crippen LogP contribution in [-0.4, -0.2) is 23.0 Å². The molecule has 0 aromatic carbocycles. The molecule has 22 heavy (non-hydrogen) atoms. The van der Waals surface area contributed by atoms with Gasteiger partial charge < -0.3 is 0 Å². The molecule has 0 N–H and O–H groups in total. The summed E-state index contributed by atoms with van der Waals surface area (Å²) >= 11 is 0. The molecule has 1 heteroatoms. The fraction of sp³-hybridized carbons (Fsp3) is 1.00. The minimum atomic E-state index is 0.944. The molecule has 3 saturated carbocycles. The van der Waals surface area contributed by atoms with E-state index in [1.807, 2.05) is 0 Å². The first kappa shape index (κ1) is 16.8. The molecule has 0 aromatic rings. The van der Waals surface area contributed by atoms with Gasteiger partial charge in [0.05, 0.1) is 0 Å². The quantitative estimate of drug-likeness (QED) is 0.575. The highest BCUT2D eigenvalue weighted by atomic mass is 15.2. The van der Waals surface area contributed by atoms with Crippen LogP contribution in [-0.2, 0) is 0 Å². The second kappa shape index (κ2) is 8.71. The maximum absolute atomic E-state index is 3.11. The summed E-state index contributed by atoms with van der Waals surface area (Å²) in [6.07, 6.45) is 24.0. The Balaban J connectivity index is 1.62. The summed E-state index contributed by atoms with van der Waals surface area (Å²) in [5, 5.41) is 0. The van der Waals surface area contributed by atoms with E-state index in [0.717, 1.165) is 24.0 Å². The summed E-state index contributed by atoms with van der Waals surface area (Å²) in [6.45, 7) is 2.36. The van der Waals surface area contributed by atoms with Gasteiger partial charge >= 0.3 is 0 Å². The van der Waals surface area contributed by atoms with Crippen LogP contribution in [0, 0.1) is 5.92 Å². The van der Waals surface area contributed by atoms with Crippen molar-refractivity contribution in [2.75, 3.05) is 0 Å². The lowest BCUT2D eigenvalue weighted by atomic mass is 9.79. The average molecular weight is 306 g/mol. The summed E-state index contributed by atoms with van der Waals surface area (Å²) < 4.78 is 0. The van der Waals surface area contributed by atoms with Crippen molar-refractivity contribution in [3.8, 4) is 0 Å². The number of rotatable bonds is 5. The van der Waals surface area contributed by atoms with E-state index in [-0.39, 0.29) is 0 Å². The van der Waals surface area contributed by atoms with E-state index in [1.165, 1.54) is 103 Å². The summed E-state index contributed by atoms with van der Waals surface area (Å²) in [4.78, 5) is 3.11. The Kier molecular flexibility index (Phi) is 6.65. The first-order valence-electron chi connectivity index (χ1n) is 10.7. The largest absolute Gasteiger partial charge is 0.294 e. The molecule has 3 rings (SSSR count). The van der Waals surface area contributed by atoms with Crippen LogP contribution >= 0.6 is 0 Å². The molecule has 0 radical (unpaired) electrons. The van der Waals surface area contributed by atoms with Gasteiger partial charge in [-0.25, -0.2) is 0 Å². The zero-order chi connectivity index (χ0) is 15.2. The molecule has 0 atom stereocenters. The van der Waals surface area contributed by atoms with E-state index in [2.05, 4.69) is 11.8 Å². The van der Waals surface area contributed by atoms with Crippen LogP contribution in [0.1, 0.15) is 110 Å². The van der Waals surface area contributed by atoms with Crippen LogP contribution in [0.5, 0.6) is 0 Å². The normalized spacial score (nSPS) is 32.5. The van der Waals surface area contributed by atoms with Crippen molar-refractivity contribution in [3.63, 3.8) is 0 Å². The third kappa shape index (κ3) is 4.28. The van der Waals surface area contributed by atoms with Crippen LogP contribution in [0.4, 0.5) is 0 Å². The van der Waals surface area contributed by atoms with Gasteiger partial charge in [0.2, 0.25) is 0 Å². The van der Waals surface area contributed by atoms with Gasteiger partial charge in [-0.1, -0.05) is 58.3 Å². The van der Waals surface area contributed by atoms with E-state index >= 15 is 0 Å². The molecule has 128 valence electrons. The van der Waals surface area contributed by atoms with Crippen molar-refractivity contribution in [1.29, 1.82) is 0 Å². The Morgan fingerprint density at radius 2 is 1.05 bits per heavy atom. The highest BCUT2D eigenvalue weighted by molar-refractivity contribution is 4.90. The molecule has 3 aliphatic carbocycles. The molecule has 0 saturated heterocycles. The highest BCUT2D eigenvalue weighted by Crippen LogP contribution is 2.38. The van der Waals surface area contributed by atoms with Gasteiger partial charge in [0.15, 0.2) is 0 Å². The standard InChI is InChI=1S/C21H39N/c1-2-9-18-14-16-21(17-15-18)22(19-10-5-3-6-11-19)20-12-7-4-8-13-20/h18-21H,2-17H2,1H3. The lowest BCUT2D eigenvalue weighted by Gasteiger charge is -2.48. The molecule has 0 heterocycles. The molecule has 1 nitrogen and oxygen atoms in total. The smallest absolute Gasteiger partial charge is 0.0101 e. The minimum Gasteiger partial charge on any atom is -0.294 e. The van der Waals surface area contributed by atoms with Crippen molar-refractivity contribution in [2.45, 2.75) is 128 Å². The van der Waals surface area contributed by atoms with Crippen molar-refractivity contribution in [2.24, 2.45) is 5.92 Å². The third-order valence-electron chi connectivity index (χ3n) is 6.93. The second-order valence-corrected chi connectivity index (χ2v) is 8.49. The van der Waals surface area contributed by atoms with E-state index in [9.17, 15) is 0 Å². The lowest BCUT2D eigenvalue weighted by Crippen LogP contribution is -2.52. The zero-order valence-electron chi connectivity index (χ0n) is 15.1. The van der Waals surface area contributed by atoms with Crippen molar-refractivity contribution in [3.05, 3.63) is 0 Å². The van der Waals surface area contributed by atoms with Crippen LogP contribution in [0.15, 0.2) is 0 Å². The summed E-state index contributed by atoms with van der Waals surface area (Å²) in [5.41, 5.74) is 0.